The fourth-order valence-corrected chi connectivity index (χ4v) is 1.69. The van der Waals surface area contributed by atoms with Gasteiger partial charge in [-0.05, 0) is 19.9 Å². The molecule has 1 amide bonds. The quantitative estimate of drug-likeness (QED) is 0.805. The lowest BCUT2D eigenvalue weighted by atomic mass is 10.2. The van der Waals surface area contributed by atoms with Gasteiger partial charge in [0.15, 0.2) is 0 Å². The van der Waals surface area contributed by atoms with Gasteiger partial charge in [-0.3, -0.25) is 14.3 Å². The Morgan fingerprint density at radius 3 is 2.53 bits per heavy atom. The molecule has 0 saturated heterocycles. The molecule has 104 valence electrons. The molecule has 1 aromatic heterocycles. The molecule has 0 aliphatic heterocycles. The summed E-state index contributed by atoms with van der Waals surface area (Å²) in [5, 5.41) is 12.8. The topological polar surface area (TPSA) is 75.4 Å². The molecule has 0 aromatic carbocycles. The molecule has 0 aliphatic carbocycles. The van der Waals surface area contributed by atoms with Gasteiger partial charge in [-0.1, -0.05) is 0 Å². The fourth-order valence-electron chi connectivity index (χ4n) is 1.69. The highest BCUT2D eigenvalue weighted by atomic mass is 16.4. The number of aryl methyl sites for hydroxylation is 2. The minimum atomic E-state index is -0.914. The van der Waals surface area contributed by atoms with E-state index in [0.717, 1.165) is 17.0 Å². The van der Waals surface area contributed by atoms with Crippen molar-refractivity contribution in [1.29, 1.82) is 0 Å². The third kappa shape index (κ3) is 3.94. The van der Waals surface area contributed by atoms with E-state index in [1.165, 1.54) is 11.0 Å². The minimum Gasteiger partial charge on any atom is -0.481 e. The van der Waals surface area contributed by atoms with Crippen LogP contribution in [0.2, 0.25) is 0 Å². The zero-order chi connectivity index (χ0) is 14.6. The maximum Gasteiger partial charge on any atom is 0.305 e. The second-order valence-corrected chi connectivity index (χ2v) is 4.44. The summed E-state index contributed by atoms with van der Waals surface area (Å²) in [6.45, 7) is 4.01. The smallest absolute Gasteiger partial charge is 0.305 e. The first-order valence-corrected chi connectivity index (χ1v) is 5.98. The molecule has 1 rings (SSSR count). The number of likely N-dealkylation sites (N-methyl/N-ethyl adjacent to an activating group) is 1. The molecule has 0 saturated carbocycles. The van der Waals surface area contributed by atoms with Crippen molar-refractivity contribution >= 4 is 18.0 Å². The molecule has 0 aliphatic rings. The predicted molar refractivity (Wildman–Crippen MR) is 71.6 cm³/mol. The molecule has 6 heteroatoms. The van der Waals surface area contributed by atoms with Crippen LogP contribution in [0.25, 0.3) is 6.08 Å². The lowest BCUT2D eigenvalue weighted by Gasteiger charge is -2.13. The number of hydrogen-bond acceptors (Lipinski definition) is 3. The Bertz CT molecular complexity index is 517. The van der Waals surface area contributed by atoms with Crippen molar-refractivity contribution in [2.45, 2.75) is 20.3 Å². The van der Waals surface area contributed by atoms with Crippen LogP contribution in [0.4, 0.5) is 0 Å². The molecule has 6 nitrogen and oxygen atoms in total. The Morgan fingerprint density at radius 1 is 1.42 bits per heavy atom. The summed E-state index contributed by atoms with van der Waals surface area (Å²) in [5.41, 5.74) is 2.76. The van der Waals surface area contributed by atoms with Crippen LogP contribution in [0.5, 0.6) is 0 Å². The standard InChI is InChI=1S/C13H19N3O3/c1-9-11(10(2)16(4)14-9)5-6-12(17)15(3)8-7-13(18)19/h5-6H,7-8H2,1-4H3,(H,18,19)/b6-5+. The summed E-state index contributed by atoms with van der Waals surface area (Å²) in [5.74, 6) is -1.13. The Balaban J connectivity index is 2.70. The average Bonchev–Trinajstić information content (AvgIpc) is 2.58. The van der Waals surface area contributed by atoms with Gasteiger partial charge >= 0.3 is 5.97 Å². The molecule has 0 radical (unpaired) electrons. The van der Waals surface area contributed by atoms with Crippen LogP contribution in [0.3, 0.4) is 0 Å². The second-order valence-electron chi connectivity index (χ2n) is 4.44. The molecule has 1 heterocycles. The van der Waals surface area contributed by atoms with Crippen LogP contribution in [0.15, 0.2) is 6.08 Å². The van der Waals surface area contributed by atoms with Crippen LogP contribution in [0.1, 0.15) is 23.4 Å². The van der Waals surface area contributed by atoms with Crippen molar-refractivity contribution in [1.82, 2.24) is 14.7 Å². The third-order valence-electron chi connectivity index (χ3n) is 2.99. The predicted octanol–water partition coefficient (Wildman–Crippen LogP) is 0.983. The number of hydrogen-bond donors (Lipinski definition) is 1. The molecular weight excluding hydrogens is 246 g/mol. The van der Waals surface area contributed by atoms with Gasteiger partial charge < -0.3 is 10.0 Å². The number of carboxylic acids is 1. The van der Waals surface area contributed by atoms with Crippen molar-refractivity contribution in [3.05, 3.63) is 23.0 Å². The van der Waals surface area contributed by atoms with Gasteiger partial charge in [0, 0.05) is 38.0 Å². The first-order chi connectivity index (χ1) is 8.82. The first-order valence-electron chi connectivity index (χ1n) is 5.98. The number of aromatic nitrogens is 2. The Morgan fingerprint density at radius 2 is 2.05 bits per heavy atom. The lowest BCUT2D eigenvalue weighted by Crippen LogP contribution is -2.27. The van der Waals surface area contributed by atoms with E-state index in [1.807, 2.05) is 20.9 Å². The normalized spacial score (nSPS) is 10.9. The number of amides is 1. The number of rotatable bonds is 5. The Labute approximate surface area is 112 Å². The molecular formula is C13H19N3O3. The highest BCUT2D eigenvalue weighted by Gasteiger charge is 2.09. The molecule has 0 unspecified atom stereocenters. The molecule has 1 aromatic rings. The van der Waals surface area contributed by atoms with E-state index >= 15 is 0 Å². The molecule has 0 spiro atoms. The maximum atomic E-state index is 11.8. The van der Waals surface area contributed by atoms with Crippen molar-refractivity contribution in [3.8, 4) is 0 Å². The fraction of sp³-hybridized carbons (Fsp3) is 0.462. The van der Waals surface area contributed by atoms with E-state index in [0.29, 0.717) is 0 Å². The number of aliphatic carboxylic acids is 1. The maximum absolute atomic E-state index is 11.8. The van der Waals surface area contributed by atoms with Gasteiger partial charge in [0.1, 0.15) is 0 Å². The molecule has 0 bridgehead atoms. The summed E-state index contributed by atoms with van der Waals surface area (Å²) in [4.78, 5) is 23.6. The third-order valence-corrected chi connectivity index (χ3v) is 2.99. The monoisotopic (exact) mass is 265 g/mol. The summed E-state index contributed by atoms with van der Waals surface area (Å²) in [6, 6.07) is 0. The van der Waals surface area contributed by atoms with E-state index in [4.69, 9.17) is 5.11 Å². The molecule has 0 atom stereocenters. The van der Waals surface area contributed by atoms with Crippen LogP contribution >= 0.6 is 0 Å². The summed E-state index contributed by atoms with van der Waals surface area (Å²) in [6.07, 6.45) is 3.11. The van der Waals surface area contributed by atoms with Gasteiger partial charge in [0.05, 0.1) is 12.1 Å². The van der Waals surface area contributed by atoms with Crippen LogP contribution in [-0.2, 0) is 16.6 Å². The van der Waals surface area contributed by atoms with E-state index in [-0.39, 0.29) is 18.9 Å². The second kappa shape index (κ2) is 6.17. The minimum absolute atomic E-state index is 0.0545. The zero-order valence-corrected chi connectivity index (χ0v) is 11.7. The summed E-state index contributed by atoms with van der Waals surface area (Å²) in [7, 11) is 3.43. The van der Waals surface area contributed by atoms with Crippen LogP contribution in [-0.4, -0.2) is 45.3 Å². The first kappa shape index (κ1) is 14.9. The van der Waals surface area contributed by atoms with Gasteiger partial charge in [-0.15, -0.1) is 0 Å². The number of carbonyl (C=O) groups excluding carboxylic acids is 1. The SMILES string of the molecule is Cc1nn(C)c(C)c1/C=C/C(=O)N(C)CCC(=O)O. The van der Waals surface area contributed by atoms with E-state index < -0.39 is 5.97 Å². The molecule has 0 fully saturated rings. The number of nitrogens with zero attached hydrogens (tertiary/aromatic N) is 3. The van der Waals surface area contributed by atoms with Gasteiger partial charge in [-0.25, -0.2) is 0 Å². The van der Waals surface area contributed by atoms with E-state index in [1.54, 1.807) is 17.8 Å². The number of carbonyl (C=O) groups is 2. The molecule has 1 N–H and O–H groups in total. The van der Waals surface area contributed by atoms with Crippen molar-refractivity contribution in [2.24, 2.45) is 7.05 Å². The lowest BCUT2D eigenvalue weighted by molar-refractivity contribution is -0.137. The summed E-state index contributed by atoms with van der Waals surface area (Å²) >= 11 is 0. The highest BCUT2D eigenvalue weighted by molar-refractivity contribution is 5.92. The zero-order valence-electron chi connectivity index (χ0n) is 11.7. The van der Waals surface area contributed by atoms with Gasteiger partial charge in [0.2, 0.25) is 5.91 Å². The van der Waals surface area contributed by atoms with E-state index in [2.05, 4.69) is 5.10 Å². The van der Waals surface area contributed by atoms with Gasteiger partial charge in [-0.2, -0.15) is 5.10 Å². The largest absolute Gasteiger partial charge is 0.481 e. The highest BCUT2D eigenvalue weighted by Crippen LogP contribution is 2.13. The Kier molecular flexibility index (Phi) is 4.86. The summed E-state index contributed by atoms with van der Waals surface area (Å²) < 4.78 is 1.76. The van der Waals surface area contributed by atoms with Crippen molar-refractivity contribution < 1.29 is 14.7 Å². The van der Waals surface area contributed by atoms with Crippen molar-refractivity contribution in [2.75, 3.05) is 13.6 Å². The van der Waals surface area contributed by atoms with Crippen LogP contribution < -0.4 is 0 Å². The van der Waals surface area contributed by atoms with Gasteiger partial charge in [0.25, 0.3) is 0 Å². The van der Waals surface area contributed by atoms with E-state index in [9.17, 15) is 9.59 Å². The average molecular weight is 265 g/mol. The van der Waals surface area contributed by atoms with Crippen LogP contribution in [0, 0.1) is 13.8 Å². The number of carboxylic acid groups (broad SMARTS) is 1. The molecule has 19 heavy (non-hydrogen) atoms. The van der Waals surface area contributed by atoms with Crippen molar-refractivity contribution in [3.63, 3.8) is 0 Å². The Hall–Kier alpha value is -2.11.